The van der Waals surface area contributed by atoms with Gasteiger partial charge in [-0.1, -0.05) is 13.2 Å². The Morgan fingerprint density at radius 2 is 1.74 bits per heavy atom. The first-order chi connectivity index (χ1) is 8.10. The quantitative estimate of drug-likeness (QED) is 0.433. The summed E-state index contributed by atoms with van der Waals surface area (Å²) in [4.78, 5) is 20.5. The summed E-state index contributed by atoms with van der Waals surface area (Å²) in [5.74, 6) is -0.522. The number of nitrogens with one attached hydrogen (secondary N) is 1. The van der Waals surface area contributed by atoms with Gasteiger partial charge < -0.3 is 15.5 Å². The van der Waals surface area contributed by atoms with E-state index in [1.807, 2.05) is 0 Å². The molecule has 0 unspecified atom stereocenters. The molecule has 0 bridgehead atoms. The van der Waals surface area contributed by atoms with Crippen molar-refractivity contribution in [2.24, 2.45) is 5.73 Å². The summed E-state index contributed by atoms with van der Waals surface area (Å²) in [6.45, 7) is 10.2. The molecule has 0 fully saturated rings. The summed E-state index contributed by atoms with van der Waals surface area (Å²) in [5.41, 5.74) is 5.11. The standard InChI is InChI=1S/C10H20N2O.C3H5NO.ClH/c1-9(2)10(13)11-7-6-8-12(3,4)5;1-2-3(4)5;/h1,6-8H2,2-5H3;2H,1H2,(H2,4,5);1H/p+1. The van der Waals surface area contributed by atoms with Gasteiger partial charge in [-0.3, -0.25) is 9.59 Å². The monoisotopic (exact) mass is 292 g/mol. The molecule has 19 heavy (non-hydrogen) atoms. The Balaban J connectivity index is -0.000000366. The number of carbonyl (C=O) groups excluding carboxylic acids is 2. The molecule has 0 radical (unpaired) electrons. The lowest BCUT2D eigenvalue weighted by atomic mass is 10.3. The molecule has 0 aliphatic heterocycles. The maximum absolute atomic E-state index is 11.1. The van der Waals surface area contributed by atoms with Crippen LogP contribution >= 0.6 is 12.4 Å². The largest absolute Gasteiger partial charge is 0.366 e. The Morgan fingerprint density at radius 1 is 1.32 bits per heavy atom. The molecule has 0 saturated heterocycles. The lowest BCUT2D eigenvalue weighted by Gasteiger charge is -2.23. The molecule has 0 atom stereocenters. The summed E-state index contributed by atoms with van der Waals surface area (Å²) in [6.07, 6.45) is 2.06. The Morgan fingerprint density at radius 3 is 2.00 bits per heavy atom. The maximum atomic E-state index is 11.1. The van der Waals surface area contributed by atoms with E-state index >= 15 is 0 Å². The predicted octanol–water partition coefficient (Wildman–Crippen LogP) is 0.855. The Labute approximate surface area is 122 Å². The van der Waals surface area contributed by atoms with Crippen LogP contribution in [0.4, 0.5) is 0 Å². The first kappa shape index (κ1) is 22.8. The number of hydrogen-bond donors (Lipinski definition) is 2. The molecule has 112 valence electrons. The Bertz CT molecular complexity index is 310. The SMILES string of the molecule is C=C(C)C(=O)NCCC[N+](C)(C)C.C=CC(N)=O.Cl. The number of amides is 2. The van der Waals surface area contributed by atoms with Gasteiger partial charge in [-0.25, -0.2) is 0 Å². The number of rotatable bonds is 6. The fourth-order valence-electron chi connectivity index (χ4n) is 0.906. The Kier molecular flexibility index (Phi) is 14.1. The summed E-state index contributed by atoms with van der Waals surface area (Å²) >= 11 is 0. The van der Waals surface area contributed by atoms with Gasteiger partial charge in [0.2, 0.25) is 11.8 Å². The predicted molar refractivity (Wildman–Crippen MR) is 82.0 cm³/mol. The minimum Gasteiger partial charge on any atom is -0.366 e. The van der Waals surface area contributed by atoms with Crippen molar-refractivity contribution in [3.05, 3.63) is 24.8 Å². The molecule has 6 heteroatoms. The molecule has 0 aliphatic carbocycles. The molecule has 0 aliphatic rings. The van der Waals surface area contributed by atoms with E-state index in [1.54, 1.807) is 6.92 Å². The highest BCUT2D eigenvalue weighted by atomic mass is 35.5. The molecule has 0 aromatic carbocycles. The molecule has 3 N–H and O–H groups in total. The maximum Gasteiger partial charge on any atom is 0.246 e. The van der Waals surface area contributed by atoms with Crippen LogP contribution < -0.4 is 11.1 Å². The average Bonchev–Trinajstić information content (AvgIpc) is 2.23. The van der Waals surface area contributed by atoms with E-state index < -0.39 is 5.91 Å². The summed E-state index contributed by atoms with van der Waals surface area (Å²) < 4.78 is 0.933. The fraction of sp³-hybridized carbons (Fsp3) is 0.538. The van der Waals surface area contributed by atoms with Crippen molar-refractivity contribution < 1.29 is 14.1 Å². The normalized spacial score (nSPS) is 9.26. The highest BCUT2D eigenvalue weighted by Gasteiger charge is 2.06. The van der Waals surface area contributed by atoms with Crippen molar-refractivity contribution in [1.29, 1.82) is 0 Å². The van der Waals surface area contributed by atoms with Crippen LogP contribution in [0.3, 0.4) is 0 Å². The van der Waals surface area contributed by atoms with Crippen LogP contribution in [-0.4, -0.2) is 50.5 Å². The first-order valence-electron chi connectivity index (χ1n) is 5.76. The third-order valence-corrected chi connectivity index (χ3v) is 1.88. The zero-order chi connectivity index (χ0) is 14.8. The smallest absolute Gasteiger partial charge is 0.246 e. The van der Waals surface area contributed by atoms with Gasteiger partial charge in [-0.2, -0.15) is 0 Å². The van der Waals surface area contributed by atoms with Gasteiger partial charge in [0.25, 0.3) is 0 Å². The highest BCUT2D eigenvalue weighted by Crippen LogP contribution is 1.92. The zero-order valence-electron chi connectivity index (χ0n) is 12.4. The van der Waals surface area contributed by atoms with Crippen molar-refractivity contribution in [2.45, 2.75) is 13.3 Å². The number of nitrogens with zero attached hydrogens (tertiary/aromatic N) is 1. The van der Waals surface area contributed by atoms with E-state index in [1.165, 1.54) is 0 Å². The van der Waals surface area contributed by atoms with Crippen molar-refractivity contribution >= 4 is 24.2 Å². The molecule has 0 aromatic rings. The number of carbonyl (C=O) groups is 2. The van der Waals surface area contributed by atoms with Gasteiger partial charge >= 0.3 is 0 Å². The van der Waals surface area contributed by atoms with E-state index in [-0.39, 0.29) is 18.3 Å². The van der Waals surface area contributed by atoms with Crippen LogP contribution in [0.2, 0.25) is 0 Å². The molecular weight excluding hydrogens is 266 g/mol. The number of hydrogen-bond acceptors (Lipinski definition) is 2. The van der Waals surface area contributed by atoms with Crippen LogP contribution in [0.1, 0.15) is 13.3 Å². The number of quaternary nitrogens is 1. The molecule has 5 nitrogen and oxygen atoms in total. The van der Waals surface area contributed by atoms with Crippen LogP contribution in [0.5, 0.6) is 0 Å². The second-order valence-electron chi connectivity index (χ2n) is 5.01. The van der Waals surface area contributed by atoms with Crippen molar-refractivity contribution in [2.75, 3.05) is 34.2 Å². The van der Waals surface area contributed by atoms with E-state index in [0.29, 0.717) is 5.57 Å². The van der Waals surface area contributed by atoms with Crippen LogP contribution in [0.25, 0.3) is 0 Å². The van der Waals surface area contributed by atoms with Crippen LogP contribution in [0.15, 0.2) is 24.8 Å². The van der Waals surface area contributed by atoms with Gasteiger partial charge in [0.05, 0.1) is 27.7 Å². The van der Waals surface area contributed by atoms with Crippen molar-refractivity contribution in [1.82, 2.24) is 5.32 Å². The molecule has 2 amide bonds. The lowest BCUT2D eigenvalue weighted by molar-refractivity contribution is -0.870. The number of nitrogens with two attached hydrogens (primary N) is 1. The van der Waals surface area contributed by atoms with Gasteiger partial charge in [0, 0.05) is 18.5 Å². The molecule has 0 spiro atoms. The highest BCUT2D eigenvalue weighted by molar-refractivity contribution is 5.92. The second-order valence-corrected chi connectivity index (χ2v) is 5.01. The average molecular weight is 293 g/mol. The summed E-state index contributed by atoms with van der Waals surface area (Å²) in [5, 5.41) is 2.81. The van der Waals surface area contributed by atoms with E-state index in [9.17, 15) is 9.59 Å². The lowest BCUT2D eigenvalue weighted by Crippen LogP contribution is -2.37. The Hall–Kier alpha value is -1.33. The first-order valence-corrected chi connectivity index (χ1v) is 5.76. The number of halogens is 1. The van der Waals surface area contributed by atoms with Gasteiger partial charge in [-0.15, -0.1) is 12.4 Å². The van der Waals surface area contributed by atoms with Crippen LogP contribution in [-0.2, 0) is 9.59 Å². The third kappa shape index (κ3) is 22.3. The van der Waals surface area contributed by atoms with E-state index in [4.69, 9.17) is 0 Å². The van der Waals surface area contributed by atoms with Crippen molar-refractivity contribution in [3.63, 3.8) is 0 Å². The molecule has 0 aromatic heterocycles. The van der Waals surface area contributed by atoms with E-state index in [2.05, 4.69) is 45.4 Å². The minimum atomic E-state index is -0.481. The zero-order valence-corrected chi connectivity index (χ0v) is 13.2. The number of primary amides is 1. The van der Waals surface area contributed by atoms with Crippen molar-refractivity contribution in [3.8, 4) is 0 Å². The van der Waals surface area contributed by atoms with Gasteiger partial charge in [0.15, 0.2) is 0 Å². The minimum absolute atomic E-state index is 0. The summed E-state index contributed by atoms with van der Waals surface area (Å²) in [6, 6.07) is 0. The summed E-state index contributed by atoms with van der Waals surface area (Å²) in [7, 11) is 6.42. The van der Waals surface area contributed by atoms with Gasteiger partial charge in [0.1, 0.15) is 0 Å². The molecule has 0 saturated carbocycles. The van der Waals surface area contributed by atoms with Crippen LogP contribution in [0, 0.1) is 0 Å². The second kappa shape index (κ2) is 11.7. The topological polar surface area (TPSA) is 72.2 Å². The fourth-order valence-corrected chi connectivity index (χ4v) is 0.906. The molecule has 0 heterocycles. The van der Waals surface area contributed by atoms with E-state index in [0.717, 1.165) is 30.1 Å². The van der Waals surface area contributed by atoms with Gasteiger partial charge in [-0.05, 0) is 13.0 Å². The third-order valence-electron chi connectivity index (χ3n) is 1.88. The molecular formula is C13H27ClN3O2+. The molecule has 0 rings (SSSR count).